The molecule has 1 atom stereocenters. The number of rotatable bonds is 0. The first-order valence-corrected chi connectivity index (χ1v) is 6.76. The molecule has 0 aromatic heterocycles. The van der Waals surface area contributed by atoms with E-state index in [4.69, 9.17) is 4.74 Å². The smallest absolute Gasteiger partial charge is 0.260 e. The van der Waals surface area contributed by atoms with Crippen LogP contribution in [-0.4, -0.2) is 5.91 Å². The third-order valence-corrected chi connectivity index (χ3v) is 3.89. The summed E-state index contributed by atoms with van der Waals surface area (Å²) in [5.41, 5.74) is 3.63. The van der Waals surface area contributed by atoms with Crippen molar-refractivity contribution in [3.05, 3.63) is 65.0 Å². The molecule has 0 aliphatic carbocycles. The average molecular weight is 281 g/mol. The van der Waals surface area contributed by atoms with Crippen molar-refractivity contribution in [3.8, 4) is 0 Å². The highest BCUT2D eigenvalue weighted by molar-refractivity contribution is 6.36. The van der Waals surface area contributed by atoms with E-state index in [1.54, 1.807) is 6.07 Å². The quantitative estimate of drug-likeness (QED) is 0.747. The minimum absolute atomic E-state index is 0.0963. The molecule has 1 N–H and O–H groups in total. The van der Waals surface area contributed by atoms with Crippen LogP contribution in [0, 0.1) is 5.82 Å². The van der Waals surface area contributed by atoms with Gasteiger partial charge in [0.15, 0.2) is 0 Å². The predicted octanol–water partition coefficient (Wildman–Crippen LogP) is 3.74. The Kier molecular flexibility index (Phi) is 2.42. The Hall–Kier alpha value is -2.62. The molecular formula is C17H12FNO2. The van der Waals surface area contributed by atoms with Crippen molar-refractivity contribution in [1.82, 2.24) is 0 Å². The fourth-order valence-corrected chi connectivity index (χ4v) is 2.93. The summed E-state index contributed by atoms with van der Waals surface area (Å²) in [6.45, 7) is 1.95. The minimum atomic E-state index is -0.374. The Morgan fingerprint density at radius 1 is 1.14 bits per heavy atom. The summed E-state index contributed by atoms with van der Waals surface area (Å²) in [6, 6.07) is 12.1. The Morgan fingerprint density at radius 2 is 1.95 bits per heavy atom. The van der Waals surface area contributed by atoms with Crippen LogP contribution in [0.2, 0.25) is 0 Å². The van der Waals surface area contributed by atoms with Crippen LogP contribution in [0.25, 0.3) is 11.3 Å². The number of ether oxygens (including phenoxy) is 1. The molecule has 0 spiro atoms. The van der Waals surface area contributed by atoms with Gasteiger partial charge in [-0.25, -0.2) is 4.39 Å². The third-order valence-electron chi connectivity index (χ3n) is 3.89. The van der Waals surface area contributed by atoms with E-state index in [1.807, 2.05) is 31.2 Å². The van der Waals surface area contributed by atoms with Gasteiger partial charge in [-0.1, -0.05) is 24.3 Å². The number of hydrogen-bond acceptors (Lipinski definition) is 2. The Balaban J connectivity index is 1.97. The molecule has 0 saturated carbocycles. The van der Waals surface area contributed by atoms with E-state index in [-0.39, 0.29) is 17.8 Å². The van der Waals surface area contributed by atoms with E-state index >= 15 is 0 Å². The normalized spacial score (nSPS) is 22.6. The van der Waals surface area contributed by atoms with Gasteiger partial charge in [0.05, 0.1) is 11.3 Å². The monoisotopic (exact) mass is 281 g/mol. The Morgan fingerprint density at radius 3 is 2.81 bits per heavy atom. The largest absolute Gasteiger partial charge is 0.484 e. The second-order valence-electron chi connectivity index (χ2n) is 5.20. The lowest BCUT2D eigenvalue weighted by atomic mass is 9.99. The predicted molar refractivity (Wildman–Crippen MR) is 77.8 cm³/mol. The molecule has 104 valence electrons. The molecule has 21 heavy (non-hydrogen) atoms. The molecule has 0 radical (unpaired) electrons. The van der Waals surface area contributed by atoms with Crippen LogP contribution < -0.4 is 5.32 Å². The van der Waals surface area contributed by atoms with E-state index in [0.717, 1.165) is 11.1 Å². The van der Waals surface area contributed by atoms with E-state index in [2.05, 4.69) is 5.32 Å². The number of hydrogen-bond donors (Lipinski definition) is 1. The van der Waals surface area contributed by atoms with Gasteiger partial charge in [-0.05, 0) is 25.1 Å². The zero-order chi connectivity index (χ0) is 14.6. The molecule has 0 bridgehead atoms. The molecule has 3 nitrogen and oxygen atoms in total. The van der Waals surface area contributed by atoms with E-state index < -0.39 is 0 Å². The standard InChI is InChI=1S/C17H12FNO2/c1-9-11-4-2-3-5-12(11)16(21-9)15-13-7-6-10(18)8-14(13)19-17(15)20/h2-9H,1H3,(H,19,20)/b16-15+/t9-/m0/s1. The zero-order valence-electron chi connectivity index (χ0n) is 11.3. The van der Waals surface area contributed by atoms with Crippen LogP contribution in [0.3, 0.4) is 0 Å². The number of halogens is 1. The van der Waals surface area contributed by atoms with Gasteiger partial charge in [-0.2, -0.15) is 0 Å². The molecule has 4 rings (SSSR count). The number of carbonyl (C=O) groups is 1. The molecule has 0 fully saturated rings. The number of amides is 1. The Labute approximate surface area is 121 Å². The van der Waals surface area contributed by atoms with Crippen LogP contribution in [-0.2, 0) is 9.53 Å². The molecule has 2 aliphatic rings. The molecule has 0 saturated heterocycles. The molecule has 2 heterocycles. The van der Waals surface area contributed by atoms with Crippen LogP contribution in [0.4, 0.5) is 10.1 Å². The first-order valence-electron chi connectivity index (χ1n) is 6.76. The van der Waals surface area contributed by atoms with Crippen LogP contribution in [0.5, 0.6) is 0 Å². The lowest BCUT2D eigenvalue weighted by Crippen LogP contribution is -2.05. The molecule has 1 amide bonds. The fraction of sp³-hybridized carbons (Fsp3) is 0.118. The lowest BCUT2D eigenvalue weighted by Gasteiger charge is -2.07. The first kappa shape index (κ1) is 12.1. The van der Waals surface area contributed by atoms with Crippen LogP contribution in [0.1, 0.15) is 29.7 Å². The van der Waals surface area contributed by atoms with Gasteiger partial charge >= 0.3 is 0 Å². The lowest BCUT2D eigenvalue weighted by molar-refractivity contribution is -0.110. The van der Waals surface area contributed by atoms with Crippen molar-refractivity contribution < 1.29 is 13.9 Å². The third kappa shape index (κ3) is 1.69. The number of benzene rings is 2. The molecule has 0 unspecified atom stereocenters. The van der Waals surface area contributed by atoms with E-state index in [0.29, 0.717) is 22.6 Å². The fourth-order valence-electron chi connectivity index (χ4n) is 2.93. The van der Waals surface area contributed by atoms with Gasteiger partial charge in [0, 0.05) is 16.7 Å². The Bertz CT molecular complexity index is 810. The van der Waals surface area contributed by atoms with Gasteiger partial charge in [-0.3, -0.25) is 4.79 Å². The van der Waals surface area contributed by atoms with Crippen molar-refractivity contribution in [3.63, 3.8) is 0 Å². The van der Waals surface area contributed by atoms with Gasteiger partial charge in [-0.15, -0.1) is 0 Å². The highest BCUT2D eigenvalue weighted by Crippen LogP contribution is 2.45. The number of carbonyl (C=O) groups excluding carboxylic acids is 1. The first-order chi connectivity index (χ1) is 10.1. The van der Waals surface area contributed by atoms with Crippen LogP contribution >= 0.6 is 0 Å². The average Bonchev–Trinajstić information content (AvgIpc) is 2.96. The maximum Gasteiger partial charge on any atom is 0.260 e. The van der Waals surface area contributed by atoms with Gasteiger partial charge in [0.1, 0.15) is 17.7 Å². The van der Waals surface area contributed by atoms with Gasteiger partial charge in [0.25, 0.3) is 5.91 Å². The van der Waals surface area contributed by atoms with Gasteiger partial charge < -0.3 is 10.1 Å². The van der Waals surface area contributed by atoms with Crippen molar-refractivity contribution in [1.29, 1.82) is 0 Å². The second kappa shape index (κ2) is 4.19. The summed E-state index contributed by atoms with van der Waals surface area (Å²) in [6.07, 6.45) is -0.0963. The van der Waals surface area contributed by atoms with E-state index in [1.165, 1.54) is 12.1 Å². The highest BCUT2D eigenvalue weighted by Gasteiger charge is 2.34. The molecule has 2 aromatic rings. The molecule has 2 aromatic carbocycles. The number of fused-ring (bicyclic) bond motifs is 2. The summed E-state index contributed by atoms with van der Waals surface area (Å²) >= 11 is 0. The summed E-state index contributed by atoms with van der Waals surface area (Å²) in [5.74, 6) is -0.0585. The number of anilines is 1. The maximum absolute atomic E-state index is 13.3. The van der Waals surface area contributed by atoms with E-state index in [9.17, 15) is 9.18 Å². The van der Waals surface area contributed by atoms with Gasteiger partial charge in [0.2, 0.25) is 0 Å². The summed E-state index contributed by atoms with van der Waals surface area (Å²) in [5, 5.41) is 2.69. The topological polar surface area (TPSA) is 38.3 Å². The minimum Gasteiger partial charge on any atom is -0.484 e. The SMILES string of the molecule is C[C@@H]1O/C(=C2/C(=O)Nc3cc(F)ccc32)c2ccccc21. The zero-order valence-corrected chi connectivity index (χ0v) is 11.3. The number of nitrogens with one attached hydrogen (secondary N) is 1. The molecular weight excluding hydrogens is 269 g/mol. The van der Waals surface area contributed by atoms with Crippen molar-refractivity contribution in [2.75, 3.05) is 5.32 Å². The maximum atomic E-state index is 13.3. The van der Waals surface area contributed by atoms with Crippen molar-refractivity contribution in [2.24, 2.45) is 0 Å². The molecule has 2 aliphatic heterocycles. The molecule has 4 heteroatoms. The van der Waals surface area contributed by atoms with Crippen molar-refractivity contribution in [2.45, 2.75) is 13.0 Å². The summed E-state index contributed by atoms with van der Waals surface area (Å²) < 4.78 is 19.2. The summed E-state index contributed by atoms with van der Waals surface area (Å²) in [4.78, 5) is 12.3. The highest BCUT2D eigenvalue weighted by atomic mass is 19.1. The second-order valence-corrected chi connectivity index (χ2v) is 5.20. The van der Waals surface area contributed by atoms with Crippen LogP contribution in [0.15, 0.2) is 42.5 Å². The summed E-state index contributed by atoms with van der Waals surface area (Å²) in [7, 11) is 0. The van der Waals surface area contributed by atoms with Crippen molar-refractivity contribution >= 4 is 22.9 Å².